The molecule has 1 saturated heterocycles. The molecule has 2 aromatic rings. The SMILES string of the molecule is CC(=O)CN1CC[C@]23c4c5ccc(OC(C)=O)c4O[C@H]2[C@H](N(CC(C)C)C(=O)C#Cc2ccccc2)CC[C@H]3[C@H]1C5. The quantitative estimate of drug-likeness (QED) is 0.304. The summed E-state index contributed by atoms with van der Waals surface area (Å²) in [5, 5.41) is 0. The molecule has 0 N–H and O–H groups in total. The van der Waals surface area contributed by atoms with E-state index in [2.05, 4.69) is 36.7 Å². The number of carbonyl (C=O) groups is 3. The lowest BCUT2D eigenvalue weighted by Crippen LogP contribution is -2.69. The predicted molar refractivity (Wildman–Crippen MR) is 155 cm³/mol. The molecule has 7 nitrogen and oxygen atoms in total. The van der Waals surface area contributed by atoms with Gasteiger partial charge in [0, 0.05) is 42.0 Å². The van der Waals surface area contributed by atoms with Gasteiger partial charge in [0.1, 0.15) is 11.9 Å². The number of benzene rings is 2. The Morgan fingerprint density at radius 3 is 2.61 bits per heavy atom. The van der Waals surface area contributed by atoms with Crippen molar-refractivity contribution in [1.29, 1.82) is 0 Å². The number of hydrogen-bond donors (Lipinski definition) is 0. The molecular formula is C34H38N2O5. The first-order valence-electron chi connectivity index (χ1n) is 14.8. The van der Waals surface area contributed by atoms with E-state index < -0.39 is 0 Å². The first kappa shape index (κ1) is 27.5. The summed E-state index contributed by atoms with van der Waals surface area (Å²) in [4.78, 5) is 42.4. The lowest BCUT2D eigenvalue weighted by Gasteiger charge is -2.60. The Hall–Kier alpha value is -3.63. The van der Waals surface area contributed by atoms with E-state index in [1.807, 2.05) is 41.3 Å². The van der Waals surface area contributed by atoms with Crippen LogP contribution in [-0.2, 0) is 26.2 Å². The van der Waals surface area contributed by atoms with Crippen molar-refractivity contribution in [2.75, 3.05) is 19.6 Å². The molecule has 1 saturated carbocycles. The number of carbonyl (C=O) groups excluding carboxylic acids is 3. The van der Waals surface area contributed by atoms with Gasteiger partial charge in [-0.25, -0.2) is 0 Å². The normalized spacial score (nSPS) is 27.2. The molecule has 2 aliphatic heterocycles. The average Bonchev–Trinajstić information content (AvgIpc) is 3.28. The molecule has 0 unspecified atom stereocenters. The Kier molecular flexibility index (Phi) is 7.15. The molecule has 2 aliphatic carbocycles. The predicted octanol–water partition coefficient (Wildman–Crippen LogP) is 4.15. The fourth-order valence-electron chi connectivity index (χ4n) is 8.11. The van der Waals surface area contributed by atoms with Crippen LogP contribution in [0.1, 0.15) is 63.6 Å². The number of piperidine rings is 1. The monoisotopic (exact) mass is 554 g/mol. The zero-order valence-electron chi connectivity index (χ0n) is 24.3. The van der Waals surface area contributed by atoms with Crippen molar-refractivity contribution in [3.05, 3.63) is 59.2 Å². The number of Topliss-reactive ketones (excluding diaryl/α,β-unsaturated/α-hetero) is 1. The van der Waals surface area contributed by atoms with E-state index in [0.717, 1.165) is 43.4 Å². The Bertz CT molecular complexity index is 1440. The van der Waals surface area contributed by atoms with Gasteiger partial charge in [-0.05, 0) is 74.8 Å². The molecule has 214 valence electrons. The summed E-state index contributed by atoms with van der Waals surface area (Å²) in [7, 11) is 0. The van der Waals surface area contributed by atoms with Gasteiger partial charge in [0.2, 0.25) is 0 Å². The first-order chi connectivity index (χ1) is 19.7. The number of ketones is 1. The highest BCUT2D eigenvalue weighted by Crippen LogP contribution is 2.64. The number of hydrogen-bond acceptors (Lipinski definition) is 6. The highest BCUT2D eigenvalue weighted by atomic mass is 16.6. The van der Waals surface area contributed by atoms with E-state index in [0.29, 0.717) is 24.6 Å². The maximum Gasteiger partial charge on any atom is 0.308 e. The summed E-state index contributed by atoms with van der Waals surface area (Å²) in [5.74, 6) is 7.23. The fourth-order valence-corrected chi connectivity index (χ4v) is 8.11. The molecule has 5 atom stereocenters. The zero-order valence-corrected chi connectivity index (χ0v) is 24.3. The van der Waals surface area contributed by atoms with Crippen LogP contribution in [0.5, 0.6) is 11.5 Å². The van der Waals surface area contributed by atoms with Crippen molar-refractivity contribution in [3.63, 3.8) is 0 Å². The molecule has 1 spiro atoms. The van der Waals surface area contributed by atoms with E-state index >= 15 is 0 Å². The van der Waals surface area contributed by atoms with Crippen LogP contribution in [0, 0.1) is 23.7 Å². The van der Waals surface area contributed by atoms with E-state index in [9.17, 15) is 14.4 Å². The summed E-state index contributed by atoms with van der Waals surface area (Å²) >= 11 is 0. The third-order valence-corrected chi connectivity index (χ3v) is 9.38. The van der Waals surface area contributed by atoms with Crippen molar-refractivity contribution >= 4 is 17.7 Å². The van der Waals surface area contributed by atoms with Crippen LogP contribution in [0.3, 0.4) is 0 Å². The van der Waals surface area contributed by atoms with Crippen molar-refractivity contribution in [2.45, 2.75) is 77.0 Å². The van der Waals surface area contributed by atoms with E-state index in [1.165, 1.54) is 12.5 Å². The lowest BCUT2D eigenvalue weighted by atomic mass is 9.51. The standard InChI is InChI=1S/C34H38N2O5/c1-21(2)19-36(30(39)15-10-24-8-6-5-7-9-24)27-13-12-26-28-18-25-11-14-29(40-23(4)38)32-31(25)34(26,33(27)41-32)16-17-35(28)20-22(3)37/h5-9,11,14,21,26-28,33H,12-13,16-20H2,1-4H3/t26-,27+,28+,33-,34-/m0/s1. The third-order valence-electron chi connectivity index (χ3n) is 9.38. The smallest absolute Gasteiger partial charge is 0.308 e. The van der Waals surface area contributed by atoms with E-state index in [1.54, 1.807) is 6.92 Å². The van der Waals surface area contributed by atoms with Gasteiger partial charge in [0.25, 0.3) is 5.91 Å². The number of amides is 1. The summed E-state index contributed by atoms with van der Waals surface area (Å²) in [6.07, 6.45) is 3.09. The van der Waals surface area contributed by atoms with Crippen LogP contribution in [0.25, 0.3) is 0 Å². The molecule has 4 aliphatic rings. The van der Waals surface area contributed by atoms with Gasteiger partial charge in [-0.3, -0.25) is 19.3 Å². The van der Waals surface area contributed by atoms with Crippen molar-refractivity contribution < 1.29 is 23.9 Å². The number of likely N-dealkylation sites (tertiary alicyclic amines) is 1. The molecule has 0 radical (unpaired) electrons. The summed E-state index contributed by atoms with van der Waals surface area (Å²) < 4.78 is 12.6. The molecule has 0 aromatic heterocycles. The molecule has 2 aromatic carbocycles. The van der Waals surface area contributed by atoms with Crippen LogP contribution < -0.4 is 9.47 Å². The van der Waals surface area contributed by atoms with E-state index in [4.69, 9.17) is 9.47 Å². The summed E-state index contributed by atoms with van der Waals surface area (Å²) in [6, 6.07) is 13.5. The van der Waals surface area contributed by atoms with Gasteiger partial charge in [0.05, 0.1) is 12.6 Å². The Labute approximate surface area is 242 Å². The minimum absolute atomic E-state index is 0.172. The second-order valence-corrected chi connectivity index (χ2v) is 12.5. The summed E-state index contributed by atoms with van der Waals surface area (Å²) in [6.45, 7) is 9.12. The number of nitrogens with zero attached hydrogens (tertiary/aromatic N) is 2. The number of esters is 1. The van der Waals surface area contributed by atoms with Crippen molar-refractivity contribution in [2.24, 2.45) is 11.8 Å². The summed E-state index contributed by atoms with van der Waals surface area (Å²) in [5.41, 5.74) is 2.84. The Morgan fingerprint density at radius 2 is 1.90 bits per heavy atom. The van der Waals surface area contributed by atoms with Crippen LogP contribution in [0.15, 0.2) is 42.5 Å². The lowest BCUT2D eigenvalue weighted by molar-refractivity contribution is -0.139. The molecular weight excluding hydrogens is 516 g/mol. The van der Waals surface area contributed by atoms with Gasteiger partial charge >= 0.3 is 5.97 Å². The Balaban J connectivity index is 1.43. The number of ether oxygens (including phenoxy) is 2. The highest BCUT2D eigenvalue weighted by Gasteiger charge is 2.66. The maximum absolute atomic E-state index is 13.8. The zero-order chi connectivity index (χ0) is 28.9. The first-order valence-corrected chi connectivity index (χ1v) is 14.8. The molecule has 7 heteroatoms. The van der Waals surface area contributed by atoms with Crippen molar-refractivity contribution in [1.82, 2.24) is 9.80 Å². The largest absolute Gasteiger partial charge is 0.483 e. The van der Waals surface area contributed by atoms with Crippen LogP contribution in [0.2, 0.25) is 0 Å². The Morgan fingerprint density at radius 1 is 1.12 bits per heavy atom. The molecule has 2 fully saturated rings. The molecule has 2 heterocycles. The van der Waals surface area contributed by atoms with Crippen LogP contribution >= 0.6 is 0 Å². The van der Waals surface area contributed by atoms with Gasteiger partial charge in [-0.2, -0.15) is 0 Å². The fraction of sp³-hybridized carbons (Fsp3) is 0.500. The van der Waals surface area contributed by atoms with E-state index in [-0.39, 0.29) is 53.1 Å². The van der Waals surface area contributed by atoms with Gasteiger partial charge < -0.3 is 14.4 Å². The third kappa shape index (κ3) is 4.72. The minimum Gasteiger partial charge on any atom is -0.483 e. The molecule has 2 bridgehead atoms. The van der Waals surface area contributed by atoms with Crippen LogP contribution in [-0.4, -0.2) is 65.3 Å². The molecule has 6 rings (SSSR count). The minimum atomic E-state index is -0.386. The van der Waals surface area contributed by atoms with Gasteiger partial charge in [-0.15, -0.1) is 0 Å². The maximum atomic E-state index is 13.8. The van der Waals surface area contributed by atoms with Gasteiger partial charge in [0.15, 0.2) is 11.5 Å². The highest BCUT2D eigenvalue weighted by molar-refractivity contribution is 5.94. The van der Waals surface area contributed by atoms with Crippen LogP contribution in [0.4, 0.5) is 0 Å². The average molecular weight is 555 g/mol. The second kappa shape index (κ2) is 10.6. The number of rotatable bonds is 6. The van der Waals surface area contributed by atoms with Gasteiger partial charge in [-0.1, -0.05) is 44.0 Å². The topological polar surface area (TPSA) is 76.2 Å². The second-order valence-electron chi connectivity index (χ2n) is 12.5. The van der Waals surface area contributed by atoms with Crippen molar-refractivity contribution in [3.8, 4) is 23.3 Å². The molecule has 41 heavy (non-hydrogen) atoms. The molecule has 1 amide bonds.